The Hall–Kier alpha value is 0.270. The summed E-state index contributed by atoms with van der Waals surface area (Å²) < 4.78 is 6.01. The predicted octanol–water partition coefficient (Wildman–Crippen LogP) is 3.08. The van der Waals surface area contributed by atoms with Crippen molar-refractivity contribution >= 4 is 11.8 Å². The molecule has 0 aromatic carbocycles. The number of hydrogen-bond acceptors (Lipinski definition) is 3. The first kappa shape index (κ1) is 14.3. The summed E-state index contributed by atoms with van der Waals surface area (Å²) in [6.45, 7) is 12.7. The van der Waals surface area contributed by atoms with Crippen LogP contribution in [0.1, 0.15) is 48.0 Å². The smallest absolute Gasteiger partial charge is 0.0687 e. The molecule has 2 atom stereocenters. The highest BCUT2D eigenvalue weighted by Gasteiger charge is 2.48. The van der Waals surface area contributed by atoms with Crippen LogP contribution in [0.2, 0.25) is 0 Å². The van der Waals surface area contributed by atoms with Crippen LogP contribution in [0.3, 0.4) is 0 Å². The predicted molar refractivity (Wildman–Crippen MR) is 71.0 cm³/mol. The average Bonchev–Trinajstić information content (AvgIpc) is 2.30. The van der Waals surface area contributed by atoms with Gasteiger partial charge in [-0.15, -0.1) is 0 Å². The topological polar surface area (TPSA) is 29.5 Å². The number of hydrogen-bond donors (Lipinski definition) is 1. The molecule has 0 amide bonds. The second-order valence-electron chi connectivity index (χ2n) is 6.23. The van der Waals surface area contributed by atoms with Gasteiger partial charge in [-0.1, -0.05) is 13.8 Å². The molecule has 2 unspecified atom stereocenters. The van der Waals surface area contributed by atoms with E-state index in [1.165, 1.54) is 0 Å². The first-order valence-electron chi connectivity index (χ1n) is 6.14. The summed E-state index contributed by atoms with van der Waals surface area (Å²) in [5.74, 6) is 1.05. The van der Waals surface area contributed by atoms with E-state index in [1.807, 2.05) is 11.8 Å². The standard InChI is InChI=1S/C13H26O2S/c1-9(2)16-8-11(14)10-7-12(3,4)15-13(10,5)6/h9-11,14H,7-8H2,1-6H3. The van der Waals surface area contributed by atoms with E-state index in [-0.39, 0.29) is 23.2 Å². The number of ether oxygens (including phenoxy) is 1. The highest BCUT2D eigenvalue weighted by molar-refractivity contribution is 7.99. The zero-order chi connectivity index (χ0) is 12.6. The van der Waals surface area contributed by atoms with Gasteiger partial charge in [0.1, 0.15) is 0 Å². The third-order valence-corrected chi connectivity index (χ3v) is 4.41. The third-order valence-electron chi connectivity index (χ3n) is 3.21. The lowest BCUT2D eigenvalue weighted by molar-refractivity contribution is -0.0853. The van der Waals surface area contributed by atoms with Gasteiger partial charge in [0.25, 0.3) is 0 Å². The molecule has 0 aliphatic carbocycles. The summed E-state index contributed by atoms with van der Waals surface area (Å²) in [6.07, 6.45) is 0.684. The molecule has 16 heavy (non-hydrogen) atoms. The maximum Gasteiger partial charge on any atom is 0.0687 e. The van der Waals surface area contributed by atoms with Crippen molar-refractivity contribution in [2.45, 2.75) is 70.5 Å². The second-order valence-corrected chi connectivity index (χ2v) is 7.83. The summed E-state index contributed by atoms with van der Waals surface area (Å²) in [7, 11) is 0. The van der Waals surface area contributed by atoms with E-state index < -0.39 is 0 Å². The summed E-state index contributed by atoms with van der Waals surface area (Å²) in [6, 6.07) is 0. The van der Waals surface area contributed by atoms with E-state index in [9.17, 15) is 5.11 Å². The molecule has 1 heterocycles. The SMILES string of the molecule is CC(C)SCC(O)C1CC(C)(C)OC1(C)C. The summed E-state index contributed by atoms with van der Waals surface area (Å²) in [5.41, 5.74) is -0.307. The Bertz CT molecular complexity index is 236. The summed E-state index contributed by atoms with van der Waals surface area (Å²) in [5, 5.41) is 10.8. The Morgan fingerprint density at radius 1 is 1.31 bits per heavy atom. The minimum Gasteiger partial charge on any atom is -0.392 e. The minimum absolute atomic E-state index is 0.0996. The van der Waals surface area contributed by atoms with Gasteiger partial charge in [0.15, 0.2) is 0 Å². The van der Waals surface area contributed by atoms with Gasteiger partial charge in [0.2, 0.25) is 0 Å². The molecule has 3 heteroatoms. The Morgan fingerprint density at radius 2 is 1.88 bits per heavy atom. The van der Waals surface area contributed by atoms with E-state index in [4.69, 9.17) is 4.74 Å². The van der Waals surface area contributed by atoms with Crippen molar-refractivity contribution in [2.24, 2.45) is 5.92 Å². The van der Waals surface area contributed by atoms with Crippen LogP contribution in [0.25, 0.3) is 0 Å². The van der Waals surface area contributed by atoms with Gasteiger partial charge < -0.3 is 9.84 Å². The van der Waals surface area contributed by atoms with Crippen LogP contribution in [-0.2, 0) is 4.74 Å². The number of aliphatic hydroxyl groups is 1. The number of rotatable bonds is 4. The molecule has 1 aliphatic heterocycles. The molecule has 1 aliphatic rings. The summed E-state index contributed by atoms with van der Waals surface area (Å²) >= 11 is 1.82. The zero-order valence-corrected chi connectivity index (χ0v) is 12.2. The van der Waals surface area contributed by atoms with Crippen molar-refractivity contribution in [3.8, 4) is 0 Å². The molecule has 96 valence electrons. The average molecular weight is 246 g/mol. The lowest BCUT2D eigenvalue weighted by Crippen LogP contribution is -2.37. The van der Waals surface area contributed by atoms with E-state index in [0.717, 1.165) is 12.2 Å². The molecule has 0 radical (unpaired) electrons. The van der Waals surface area contributed by atoms with Gasteiger partial charge in [0.05, 0.1) is 17.3 Å². The molecule has 0 spiro atoms. The van der Waals surface area contributed by atoms with Crippen LogP contribution < -0.4 is 0 Å². The van der Waals surface area contributed by atoms with Crippen LogP contribution in [0, 0.1) is 5.92 Å². The van der Waals surface area contributed by atoms with Crippen molar-refractivity contribution in [1.29, 1.82) is 0 Å². The van der Waals surface area contributed by atoms with Gasteiger partial charge >= 0.3 is 0 Å². The van der Waals surface area contributed by atoms with Crippen LogP contribution in [0.15, 0.2) is 0 Å². The Labute approximate surface area is 104 Å². The van der Waals surface area contributed by atoms with Gasteiger partial charge in [0, 0.05) is 11.7 Å². The normalized spacial score (nSPS) is 29.6. The van der Waals surface area contributed by atoms with E-state index in [1.54, 1.807) is 0 Å². The second kappa shape index (κ2) is 4.87. The molecular formula is C13H26O2S. The quantitative estimate of drug-likeness (QED) is 0.826. The van der Waals surface area contributed by atoms with Crippen LogP contribution >= 0.6 is 11.8 Å². The number of thioether (sulfide) groups is 1. The summed E-state index contributed by atoms with van der Waals surface area (Å²) in [4.78, 5) is 0. The molecule has 0 bridgehead atoms. The first-order chi connectivity index (χ1) is 7.14. The minimum atomic E-state index is -0.260. The molecule has 1 N–H and O–H groups in total. The van der Waals surface area contributed by atoms with Gasteiger partial charge in [-0.3, -0.25) is 0 Å². The fourth-order valence-corrected chi connectivity index (χ4v) is 3.43. The molecule has 0 aromatic rings. The Kier molecular flexibility index (Phi) is 4.36. The lowest BCUT2D eigenvalue weighted by Gasteiger charge is -2.30. The van der Waals surface area contributed by atoms with E-state index in [2.05, 4.69) is 41.5 Å². The number of aliphatic hydroxyl groups excluding tert-OH is 1. The van der Waals surface area contributed by atoms with Crippen molar-refractivity contribution in [3.63, 3.8) is 0 Å². The lowest BCUT2D eigenvalue weighted by atomic mass is 9.84. The molecule has 1 fully saturated rings. The van der Waals surface area contributed by atoms with Gasteiger partial charge in [-0.2, -0.15) is 11.8 Å². The highest BCUT2D eigenvalue weighted by atomic mass is 32.2. The van der Waals surface area contributed by atoms with E-state index >= 15 is 0 Å². The maximum atomic E-state index is 10.3. The Morgan fingerprint density at radius 3 is 2.25 bits per heavy atom. The third kappa shape index (κ3) is 3.64. The zero-order valence-electron chi connectivity index (χ0n) is 11.4. The molecular weight excluding hydrogens is 220 g/mol. The highest BCUT2D eigenvalue weighted by Crippen LogP contribution is 2.44. The maximum absolute atomic E-state index is 10.3. The van der Waals surface area contributed by atoms with Crippen LogP contribution in [0.5, 0.6) is 0 Å². The largest absolute Gasteiger partial charge is 0.392 e. The van der Waals surface area contributed by atoms with E-state index in [0.29, 0.717) is 5.25 Å². The Balaban J connectivity index is 2.59. The van der Waals surface area contributed by atoms with Crippen LogP contribution in [0.4, 0.5) is 0 Å². The fraction of sp³-hybridized carbons (Fsp3) is 1.00. The van der Waals surface area contributed by atoms with Gasteiger partial charge in [-0.25, -0.2) is 0 Å². The molecule has 0 saturated carbocycles. The molecule has 1 rings (SSSR count). The van der Waals surface area contributed by atoms with Gasteiger partial charge in [-0.05, 0) is 39.4 Å². The van der Waals surface area contributed by atoms with Crippen molar-refractivity contribution in [1.82, 2.24) is 0 Å². The monoisotopic (exact) mass is 246 g/mol. The first-order valence-corrected chi connectivity index (χ1v) is 7.19. The van der Waals surface area contributed by atoms with Crippen molar-refractivity contribution < 1.29 is 9.84 Å². The molecule has 0 aromatic heterocycles. The van der Waals surface area contributed by atoms with Crippen molar-refractivity contribution in [3.05, 3.63) is 0 Å². The molecule has 2 nitrogen and oxygen atoms in total. The van der Waals surface area contributed by atoms with Crippen molar-refractivity contribution in [2.75, 3.05) is 5.75 Å². The van der Waals surface area contributed by atoms with Crippen LogP contribution in [-0.4, -0.2) is 33.4 Å². The molecule has 1 saturated heterocycles. The fourth-order valence-electron chi connectivity index (χ4n) is 2.61.